The number of nitrogens with zero attached hydrogens (tertiary/aromatic N) is 2. The smallest absolute Gasteiger partial charge is 0.247 e. The summed E-state index contributed by atoms with van der Waals surface area (Å²) in [5.41, 5.74) is 1.56. The molecule has 1 aromatic carbocycles. The van der Waals surface area contributed by atoms with E-state index in [0.29, 0.717) is 11.8 Å². The molecule has 0 spiro atoms. The first-order valence-electron chi connectivity index (χ1n) is 5.52. The third-order valence-corrected chi connectivity index (χ3v) is 2.58. The summed E-state index contributed by atoms with van der Waals surface area (Å²) >= 11 is 0. The molecular weight excluding hydrogens is 216 g/mol. The molecule has 0 amide bonds. The standard InChI is InChI=1S/C13H16N2O2/c1-8-14-15-12(17-8)9-5-6-11(16)10(7-9)13(2,3)4/h5-7,16H,1-4H3. The number of aryl methyl sites for hydroxylation is 1. The van der Waals surface area contributed by atoms with E-state index in [4.69, 9.17) is 4.42 Å². The zero-order valence-electron chi connectivity index (χ0n) is 10.5. The Kier molecular flexibility index (Phi) is 2.65. The van der Waals surface area contributed by atoms with E-state index in [9.17, 15) is 5.11 Å². The third-order valence-electron chi connectivity index (χ3n) is 2.58. The van der Waals surface area contributed by atoms with Crippen LogP contribution in [0.2, 0.25) is 0 Å². The Balaban J connectivity index is 2.51. The molecule has 0 aliphatic carbocycles. The fraction of sp³-hybridized carbons (Fsp3) is 0.385. The van der Waals surface area contributed by atoms with Gasteiger partial charge in [0.15, 0.2) is 0 Å². The Morgan fingerprint density at radius 3 is 2.41 bits per heavy atom. The van der Waals surface area contributed by atoms with Gasteiger partial charge >= 0.3 is 0 Å². The lowest BCUT2D eigenvalue weighted by Gasteiger charge is -2.20. The van der Waals surface area contributed by atoms with Gasteiger partial charge in [0, 0.05) is 18.1 Å². The Morgan fingerprint density at radius 1 is 1.18 bits per heavy atom. The summed E-state index contributed by atoms with van der Waals surface area (Å²) < 4.78 is 5.37. The monoisotopic (exact) mass is 232 g/mol. The normalized spacial score (nSPS) is 11.8. The highest BCUT2D eigenvalue weighted by atomic mass is 16.4. The van der Waals surface area contributed by atoms with Gasteiger partial charge in [-0.1, -0.05) is 20.8 Å². The molecule has 0 fully saturated rings. The van der Waals surface area contributed by atoms with Crippen molar-refractivity contribution in [1.29, 1.82) is 0 Å². The van der Waals surface area contributed by atoms with Crippen LogP contribution in [0.5, 0.6) is 5.75 Å². The summed E-state index contributed by atoms with van der Waals surface area (Å²) in [4.78, 5) is 0. The summed E-state index contributed by atoms with van der Waals surface area (Å²) in [6, 6.07) is 5.33. The van der Waals surface area contributed by atoms with E-state index in [0.717, 1.165) is 11.1 Å². The van der Waals surface area contributed by atoms with Gasteiger partial charge in [-0.25, -0.2) is 0 Å². The van der Waals surface area contributed by atoms with Crippen LogP contribution in [-0.4, -0.2) is 15.3 Å². The fourth-order valence-corrected chi connectivity index (χ4v) is 1.68. The number of hydrogen-bond acceptors (Lipinski definition) is 4. The molecule has 1 aromatic heterocycles. The Labute approximate surface area is 100 Å². The third kappa shape index (κ3) is 2.30. The van der Waals surface area contributed by atoms with E-state index in [-0.39, 0.29) is 11.2 Å². The molecule has 2 rings (SSSR count). The molecular formula is C13H16N2O2. The first-order chi connectivity index (χ1) is 7.88. The van der Waals surface area contributed by atoms with E-state index in [2.05, 4.69) is 10.2 Å². The lowest BCUT2D eigenvalue weighted by Crippen LogP contribution is -2.11. The van der Waals surface area contributed by atoms with Crippen LogP contribution < -0.4 is 0 Å². The van der Waals surface area contributed by atoms with Gasteiger partial charge in [-0.05, 0) is 23.6 Å². The lowest BCUT2D eigenvalue weighted by molar-refractivity contribution is 0.446. The largest absolute Gasteiger partial charge is 0.508 e. The Morgan fingerprint density at radius 2 is 1.88 bits per heavy atom. The first kappa shape index (κ1) is 11.6. The van der Waals surface area contributed by atoms with Crippen LogP contribution in [-0.2, 0) is 5.41 Å². The lowest BCUT2D eigenvalue weighted by atomic mass is 9.85. The first-order valence-corrected chi connectivity index (χ1v) is 5.52. The maximum absolute atomic E-state index is 9.86. The van der Waals surface area contributed by atoms with Crippen molar-refractivity contribution in [2.45, 2.75) is 33.1 Å². The van der Waals surface area contributed by atoms with Crippen molar-refractivity contribution in [3.05, 3.63) is 29.7 Å². The van der Waals surface area contributed by atoms with E-state index in [1.165, 1.54) is 0 Å². The number of hydrogen-bond donors (Lipinski definition) is 1. The Hall–Kier alpha value is -1.84. The number of phenolic OH excluding ortho intramolecular Hbond substituents is 1. The van der Waals surface area contributed by atoms with Crippen LogP contribution >= 0.6 is 0 Å². The number of phenols is 1. The number of aromatic hydroxyl groups is 1. The zero-order valence-corrected chi connectivity index (χ0v) is 10.5. The van der Waals surface area contributed by atoms with E-state index in [1.54, 1.807) is 19.1 Å². The second kappa shape index (κ2) is 3.87. The molecule has 0 saturated carbocycles. The minimum Gasteiger partial charge on any atom is -0.508 e. The van der Waals surface area contributed by atoms with E-state index >= 15 is 0 Å². The highest BCUT2D eigenvalue weighted by Crippen LogP contribution is 2.33. The molecule has 4 nitrogen and oxygen atoms in total. The van der Waals surface area contributed by atoms with Crippen LogP contribution in [0.4, 0.5) is 0 Å². The van der Waals surface area contributed by atoms with Crippen LogP contribution in [0, 0.1) is 6.92 Å². The zero-order chi connectivity index (χ0) is 12.6. The van der Waals surface area contributed by atoms with Crippen molar-refractivity contribution in [2.24, 2.45) is 0 Å². The van der Waals surface area contributed by atoms with Crippen molar-refractivity contribution in [2.75, 3.05) is 0 Å². The molecule has 0 bridgehead atoms. The van der Waals surface area contributed by atoms with Crippen LogP contribution in [0.1, 0.15) is 32.2 Å². The van der Waals surface area contributed by atoms with Crippen LogP contribution in [0.25, 0.3) is 11.5 Å². The average Bonchev–Trinajstić information content (AvgIpc) is 2.64. The van der Waals surface area contributed by atoms with Gasteiger partial charge in [0.25, 0.3) is 0 Å². The van der Waals surface area contributed by atoms with Gasteiger partial charge in [-0.3, -0.25) is 0 Å². The van der Waals surface area contributed by atoms with Gasteiger partial charge in [0.1, 0.15) is 5.75 Å². The molecule has 17 heavy (non-hydrogen) atoms. The highest BCUT2D eigenvalue weighted by Gasteiger charge is 2.19. The van der Waals surface area contributed by atoms with Gasteiger partial charge in [-0.2, -0.15) is 0 Å². The van der Waals surface area contributed by atoms with Crippen molar-refractivity contribution >= 4 is 0 Å². The number of benzene rings is 1. The summed E-state index contributed by atoms with van der Waals surface area (Å²) in [5, 5.41) is 17.6. The minimum atomic E-state index is -0.130. The predicted octanol–water partition coefficient (Wildman–Crippen LogP) is 3.05. The summed E-state index contributed by atoms with van der Waals surface area (Å²) in [5.74, 6) is 1.30. The fourth-order valence-electron chi connectivity index (χ4n) is 1.68. The molecule has 1 heterocycles. The van der Waals surface area contributed by atoms with Crippen molar-refractivity contribution in [1.82, 2.24) is 10.2 Å². The van der Waals surface area contributed by atoms with Gasteiger partial charge < -0.3 is 9.52 Å². The summed E-state index contributed by atoms with van der Waals surface area (Å²) in [6.07, 6.45) is 0. The Bertz CT molecular complexity index is 539. The molecule has 0 unspecified atom stereocenters. The molecule has 90 valence electrons. The molecule has 0 aliphatic rings. The topological polar surface area (TPSA) is 59.2 Å². The second-order valence-electron chi connectivity index (χ2n) is 5.11. The van der Waals surface area contributed by atoms with Crippen molar-refractivity contribution < 1.29 is 9.52 Å². The summed E-state index contributed by atoms with van der Waals surface area (Å²) in [6.45, 7) is 7.89. The number of rotatable bonds is 1. The van der Waals surface area contributed by atoms with Crippen LogP contribution in [0.3, 0.4) is 0 Å². The predicted molar refractivity (Wildman–Crippen MR) is 64.8 cm³/mol. The average molecular weight is 232 g/mol. The summed E-state index contributed by atoms with van der Waals surface area (Å²) in [7, 11) is 0. The maximum atomic E-state index is 9.86. The van der Waals surface area contributed by atoms with E-state index in [1.807, 2.05) is 26.8 Å². The molecule has 0 radical (unpaired) electrons. The molecule has 0 aliphatic heterocycles. The van der Waals surface area contributed by atoms with Crippen molar-refractivity contribution in [3.63, 3.8) is 0 Å². The van der Waals surface area contributed by atoms with Crippen LogP contribution in [0.15, 0.2) is 22.6 Å². The maximum Gasteiger partial charge on any atom is 0.247 e. The quantitative estimate of drug-likeness (QED) is 0.821. The molecule has 0 atom stereocenters. The highest BCUT2D eigenvalue weighted by molar-refractivity contribution is 5.58. The van der Waals surface area contributed by atoms with Gasteiger partial charge in [0.2, 0.25) is 11.8 Å². The van der Waals surface area contributed by atoms with Gasteiger partial charge in [-0.15, -0.1) is 10.2 Å². The minimum absolute atomic E-state index is 0.130. The van der Waals surface area contributed by atoms with Crippen molar-refractivity contribution in [3.8, 4) is 17.2 Å². The molecule has 1 N–H and O–H groups in total. The SMILES string of the molecule is Cc1nnc(-c2ccc(O)c(C(C)(C)C)c2)o1. The molecule has 4 heteroatoms. The molecule has 0 saturated heterocycles. The second-order valence-corrected chi connectivity index (χ2v) is 5.11. The molecule has 2 aromatic rings. The van der Waals surface area contributed by atoms with Gasteiger partial charge in [0.05, 0.1) is 0 Å². The number of aromatic nitrogens is 2. The van der Waals surface area contributed by atoms with E-state index < -0.39 is 0 Å².